The number of nitrogens with zero attached hydrogens (tertiary/aromatic N) is 1. The first kappa shape index (κ1) is 13.4. The Labute approximate surface area is 125 Å². The summed E-state index contributed by atoms with van der Waals surface area (Å²) in [7, 11) is 2.90. The molecular weight excluding hydrogens is 286 g/mol. The zero-order chi connectivity index (χ0) is 15.5. The number of carbonyl (C=O) groups excluding carboxylic acids is 1. The minimum atomic E-state index is -1.82. The zero-order valence-corrected chi connectivity index (χ0v) is 12.0. The van der Waals surface area contributed by atoms with Gasteiger partial charge < -0.3 is 19.1 Å². The fraction of sp³-hybridized carbons (Fsp3) is 0.250. The van der Waals surface area contributed by atoms with Crippen molar-refractivity contribution in [1.29, 1.82) is 0 Å². The summed E-state index contributed by atoms with van der Waals surface area (Å²) in [5.41, 5.74) is -0.0830. The molecule has 0 fully saturated rings. The summed E-state index contributed by atoms with van der Waals surface area (Å²) in [5, 5.41) is 15.0. The molecule has 2 aliphatic carbocycles. The van der Waals surface area contributed by atoms with E-state index >= 15 is 0 Å². The van der Waals surface area contributed by atoms with Crippen LogP contribution in [-0.2, 0) is 20.9 Å². The summed E-state index contributed by atoms with van der Waals surface area (Å²) in [6.07, 6.45) is 2.84. The van der Waals surface area contributed by atoms with E-state index in [2.05, 4.69) is 5.16 Å². The van der Waals surface area contributed by atoms with Crippen molar-refractivity contribution >= 4 is 5.78 Å². The Morgan fingerprint density at radius 3 is 2.50 bits per heavy atom. The number of benzene rings is 1. The highest BCUT2D eigenvalue weighted by atomic mass is 16.7. The molecule has 1 heterocycles. The van der Waals surface area contributed by atoms with Gasteiger partial charge >= 0.3 is 0 Å². The van der Waals surface area contributed by atoms with Gasteiger partial charge in [0, 0.05) is 25.3 Å². The molecule has 0 radical (unpaired) electrons. The van der Waals surface area contributed by atoms with E-state index in [1.165, 1.54) is 26.4 Å². The number of rotatable bonds is 2. The first-order chi connectivity index (χ1) is 10.6. The average Bonchev–Trinajstić information content (AvgIpc) is 3.01. The summed E-state index contributed by atoms with van der Waals surface area (Å²) in [6, 6.07) is 6.98. The third-order valence-electron chi connectivity index (χ3n) is 4.31. The van der Waals surface area contributed by atoms with Crippen LogP contribution in [-0.4, -0.2) is 30.3 Å². The molecule has 0 saturated heterocycles. The van der Waals surface area contributed by atoms with Crippen LogP contribution in [0.1, 0.15) is 21.7 Å². The Hall–Kier alpha value is -2.28. The Morgan fingerprint density at radius 2 is 1.82 bits per heavy atom. The minimum absolute atomic E-state index is 0.181. The number of methoxy groups -OCH3 is 2. The highest BCUT2D eigenvalue weighted by Gasteiger charge is 2.55. The third-order valence-corrected chi connectivity index (χ3v) is 4.31. The molecule has 2 aromatic rings. The Bertz CT molecular complexity index is 818. The van der Waals surface area contributed by atoms with Crippen molar-refractivity contribution in [3.63, 3.8) is 0 Å². The largest absolute Gasteiger partial charge is 0.373 e. The highest BCUT2D eigenvalue weighted by Crippen LogP contribution is 2.50. The number of hydrogen-bond donors (Lipinski definition) is 1. The maximum Gasteiger partial charge on any atom is 0.251 e. The molecule has 6 heteroatoms. The van der Waals surface area contributed by atoms with Gasteiger partial charge in [0.05, 0.1) is 5.56 Å². The van der Waals surface area contributed by atoms with E-state index in [0.29, 0.717) is 16.8 Å². The van der Waals surface area contributed by atoms with Crippen LogP contribution in [0.4, 0.5) is 0 Å². The number of fused-ring (bicyclic) bond motifs is 2. The van der Waals surface area contributed by atoms with Crippen LogP contribution in [0.3, 0.4) is 0 Å². The SMILES string of the molecule is COC1(OC)C=C[C@]2(O)C(=O)c3ccccc3-c3noc1c32. The van der Waals surface area contributed by atoms with Crippen LogP contribution in [0.15, 0.2) is 40.9 Å². The molecule has 0 unspecified atom stereocenters. The predicted molar refractivity (Wildman–Crippen MR) is 75.0 cm³/mol. The van der Waals surface area contributed by atoms with E-state index in [-0.39, 0.29) is 11.3 Å². The molecule has 0 bridgehead atoms. The van der Waals surface area contributed by atoms with E-state index in [0.717, 1.165) is 0 Å². The van der Waals surface area contributed by atoms with Crippen molar-refractivity contribution in [1.82, 2.24) is 5.16 Å². The lowest BCUT2D eigenvalue weighted by Gasteiger charge is -2.36. The molecule has 1 aromatic carbocycles. The summed E-state index contributed by atoms with van der Waals surface area (Å²) in [6.45, 7) is 0. The monoisotopic (exact) mass is 299 g/mol. The maximum atomic E-state index is 12.8. The lowest BCUT2D eigenvalue weighted by molar-refractivity contribution is -0.195. The van der Waals surface area contributed by atoms with Gasteiger partial charge in [-0.05, 0) is 12.2 Å². The quantitative estimate of drug-likeness (QED) is 0.672. The van der Waals surface area contributed by atoms with Crippen LogP contribution in [0, 0.1) is 0 Å². The summed E-state index contributed by atoms with van der Waals surface area (Å²) >= 11 is 0. The molecule has 112 valence electrons. The number of ketones is 1. The van der Waals surface area contributed by atoms with Crippen molar-refractivity contribution in [2.45, 2.75) is 11.4 Å². The molecule has 4 rings (SSSR count). The Morgan fingerprint density at radius 1 is 1.14 bits per heavy atom. The van der Waals surface area contributed by atoms with E-state index in [1.54, 1.807) is 24.3 Å². The van der Waals surface area contributed by atoms with Gasteiger partial charge in [-0.15, -0.1) is 0 Å². The summed E-state index contributed by atoms with van der Waals surface area (Å²) < 4.78 is 16.2. The third kappa shape index (κ3) is 1.34. The van der Waals surface area contributed by atoms with Crippen molar-refractivity contribution in [3.8, 4) is 11.3 Å². The molecule has 2 aliphatic rings. The number of ether oxygens (including phenoxy) is 2. The Balaban J connectivity index is 2.10. The molecule has 1 aromatic heterocycles. The summed E-state index contributed by atoms with van der Waals surface area (Å²) in [5.74, 6) is -1.54. The Kier molecular flexibility index (Phi) is 2.51. The van der Waals surface area contributed by atoms with Gasteiger partial charge in [0.2, 0.25) is 11.5 Å². The lowest BCUT2D eigenvalue weighted by Crippen LogP contribution is -2.44. The van der Waals surface area contributed by atoms with Crippen LogP contribution in [0.5, 0.6) is 0 Å². The smallest absolute Gasteiger partial charge is 0.251 e. The van der Waals surface area contributed by atoms with Gasteiger partial charge in [-0.3, -0.25) is 4.79 Å². The average molecular weight is 299 g/mol. The first-order valence-electron chi connectivity index (χ1n) is 6.75. The number of hydrogen-bond acceptors (Lipinski definition) is 6. The van der Waals surface area contributed by atoms with E-state index in [4.69, 9.17) is 14.0 Å². The molecule has 1 atom stereocenters. The second-order valence-electron chi connectivity index (χ2n) is 5.29. The molecule has 0 aliphatic heterocycles. The fourth-order valence-electron chi connectivity index (χ4n) is 3.14. The molecule has 0 amide bonds. The van der Waals surface area contributed by atoms with Gasteiger partial charge in [-0.1, -0.05) is 29.4 Å². The van der Waals surface area contributed by atoms with Gasteiger partial charge in [0.25, 0.3) is 5.79 Å². The molecule has 0 saturated carbocycles. The van der Waals surface area contributed by atoms with E-state index in [1.807, 2.05) is 0 Å². The number of Topliss-reactive ketones (excluding diaryl/α,β-unsaturated/α-hetero) is 1. The van der Waals surface area contributed by atoms with Crippen LogP contribution < -0.4 is 0 Å². The predicted octanol–water partition coefficient (Wildman–Crippen LogP) is 1.74. The highest BCUT2D eigenvalue weighted by molar-refractivity contribution is 6.12. The van der Waals surface area contributed by atoms with E-state index < -0.39 is 17.2 Å². The molecule has 6 nitrogen and oxygen atoms in total. The summed E-state index contributed by atoms with van der Waals surface area (Å²) in [4.78, 5) is 12.8. The van der Waals surface area contributed by atoms with Crippen molar-refractivity contribution in [2.75, 3.05) is 14.2 Å². The normalized spacial score (nSPS) is 24.0. The van der Waals surface area contributed by atoms with Crippen molar-refractivity contribution in [3.05, 3.63) is 53.3 Å². The number of carbonyl (C=O) groups is 1. The molecule has 0 spiro atoms. The standard InChI is InChI=1S/C16H13NO5/c1-20-16(21-2)8-7-15(19)11-12(17-22-14(11)16)9-5-3-4-6-10(9)13(15)18/h3-8,19H,1-2H3/t15-/m1/s1. The van der Waals surface area contributed by atoms with Crippen LogP contribution in [0.2, 0.25) is 0 Å². The molecule has 22 heavy (non-hydrogen) atoms. The van der Waals surface area contributed by atoms with E-state index in [9.17, 15) is 9.90 Å². The van der Waals surface area contributed by atoms with Gasteiger partial charge in [0.1, 0.15) is 5.69 Å². The zero-order valence-electron chi connectivity index (χ0n) is 12.0. The second-order valence-corrected chi connectivity index (χ2v) is 5.29. The number of aliphatic hydroxyl groups is 1. The lowest BCUT2D eigenvalue weighted by atomic mass is 9.73. The minimum Gasteiger partial charge on any atom is -0.373 e. The van der Waals surface area contributed by atoms with Crippen LogP contribution >= 0.6 is 0 Å². The van der Waals surface area contributed by atoms with Crippen molar-refractivity contribution in [2.24, 2.45) is 0 Å². The fourth-order valence-corrected chi connectivity index (χ4v) is 3.14. The maximum absolute atomic E-state index is 12.8. The molecular formula is C16H13NO5. The number of aromatic nitrogens is 1. The second kappa shape index (κ2) is 4.13. The molecule has 1 N–H and O–H groups in total. The van der Waals surface area contributed by atoms with Gasteiger partial charge in [0.15, 0.2) is 5.60 Å². The topological polar surface area (TPSA) is 81.8 Å². The first-order valence-corrected chi connectivity index (χ1v) is 6.75. The van der Waals surface area contributed by atoms with Crippen LogP contribution in [0.25, 0.3) is 11.3 Å². The van der Waals surface area contributed by atoms with Gasteiger partial charge in [-0.2, -0.15) is 0 Å². The van der Waals surface area contributed by atoms with Gasteiger partial charge in [-0.25, -0.2) is 0 Å². The van der Waals surface area contributed by atoms with Crippen molar-refractivity contribution < 1.29 is 23.9 Å².